The van der Waals surface area contributed by atoms with Crippen LogP contribution in [0.25, 0.3) is 0 Å². The molecule has 3 heteroatoms. The second kappa shape index (κ2) is 5.93. The van der Waals surface area contributed by atoms with Gasteiger partial charge in [0.15, 0.2) is 0 Å². The zero-order valence-electron chi connectivity index (χ0n) is 11.7. The fourth-order valence-corrected chi connectivity index (χ4v) is 3.52. The maximum atomic E-state index is 5.84. The molecule has 0 saturated carbocycles. The zero-order chi connectivity index (χ0) is 13.1. The Labute approximate surface area is 116 Å². The second-order valence-corrected chi connectivity index (χ2v) is 5.98. The van der Waals surface area contributed by atoms with Crippen LogP contribution >= 0.6 is 0 Å². The molecule has 104 valence electrons. The van der Waals surface area contributed by atoms with Crippen molar-refractivity contribution >= 4 is 5.69 Å². The Balaban J connectivity index is 1.54. The summed E-state index contributed by atoms with van der Waals surface area (Å²) in [6.07, 6.45) is 5.24. The molecule has 2 N–H and O–H groups in total. The van der Waals surface area contributed by atoms with E-state index in [-0.39, 0.29) is 0 Å². The van der Waals surface area contributed by atoms with Crippen molar-refractivity contribution in [1.29, 1.82) is 0 Å². The smallest absolute Gasteiger partial charge is 0.0316 e. The minimum atomic E-state index is 0.823. The van der Waals surface area contributed by atoms with E-state index in [9.17, 15) is 0 Å². The molecule has 2 saturated heterocycles. The van der Waals surface area contributed by atoms with Crippen molar-refractivity contribution in [3.8, 4) is 0 Å². The van der Waals surface area contributed by atoms with Crippen molar-refractivity contribution in [3.63, 3.8) is 0 Å². The highest BCUT2D eigenvalue weighted by atomic mass is 15.3. The molecule has 2 aliphatic heterocycles. The third kappa shape index (κ3) is 3.28. The largest absolute Gasteiger partial charge is 0.399 e. The number of benzene rings is 1. The van der Waals surface area contributed by atoms with Gasteiger partial charge >= 0.3 is 0 Å². The van der Waals surface area contributed by atoms with E-state index < -0.39 is 0 Å². The molecule has 1 atom stereocenters. The first-order chi connectivity index (χ1) is 9.31. The van der Waals surface area contributed by atoms with E-state index in [1.807, 2.05) is 6.07 Å². The Morgan fingerprint density at radius 1 is 1.16 bits per heavy atom. The van der Waals surface area contributed by atoms with Crippen LogP contribution in [0.15, 0.2) is 24.3 Å². The van der Waals surface area contributed by atoms with Gasteiger partial charge in [0.2, 0.25) is 0 Å². The van der Waals surface area contributed by atoms with E-state index >= 15 is 0 Å². The van der Waals surface area contributed by atoms with Crippen LogP contribution in [-0.4, -0.2) is 48.6 Å². The molecule has 19 heavy (non-hydrogen) atoms. The van der Waals surface area contributed by atoms with E-state index in [1.165, 1.54) is 57.5 Å². The quantitative estimate of drug-likeness (QED) is 0.843. The van der Waals surface area contributed by atoms with Crippen LogP contribution in [0.5, 0.6) is 0 Å². The lowest BCUT2D eigenvalue weighted by atomic mass is 10.1. The summed E-state index contributed by atoms with van der Waals surface area (Å²) in [6.45, 7) is 6.33. The average Bonchev–Trinajstić information content (AvgIpc) is 2.75. The molecule has 1 unspecified atom stereocenters. The molecule has 0 aromatic heterocycles. The normalized spacial score (nSPS) is 25.2. The first-order valence-electron chi connectivity index (χ1n) is 7.62. The van der Waals surface area contributed by atoms with Gasteiger partial charge in [-0.05, 0) is 63.0 Å². The van der Waals surface area contributed by atoms with Gasteiger partial charge < -0.3 is 10.6 Å². The molecule has 0 aliphatic carbocycles. The molecular weight excluding hydrogens is 234 g/mol. The lowest BCUT2D eigenvalue weighted by molar-refractivity contribution is 0.221. The van der Waals surface area contributed by atoms with Crippen molar-refractivity contribution < 1.29 is 0 Å². The van der Waals surface area contributed by atoms with E-state index in [0.29, 0.717) is 0 Å². The molecular formula is C16H25N3. The Kier molecular flexibility index (Phi) is 4.04. The molecule has 3 nitrogen and oxygen atoms in total. The van der Waals surface area contributed by atoms with Crippen LogP contribution in [0.3, 0.4) is 0 Å². The van der Waals surface area contributed by atoms with Crippen LogP contribution in [0.1, 0.15) is 24.8 Å². The lowest BCUT2D eigenvalue weighted by Gasteiger charge is -2.25. The third-order valence-corrected chi connectivity index (χ3v) is 4.56. The third-order valence-electron chi connectivity index (χ3n) is 4.56. The van der Waals surface area contributed by atoms with Gasteiger partial charge in [-0.25, -0.2) is 0 Å². The predicted octanol–water partition coefficient (Wildman–Crippen LogP) is 1.98. The van der Waals surface area contributed by atoms with Gasteiger partial charge in [-0.15, -0.1) is 0 Å². The second-order valence-electron chi connectivity index (χ2n) is 5.98. The number of nitrogen functional groups attached to an aromatic ring is 1. The van der Waals surface area contributed by atoms with E-state index in [2.05, 4.69) is 28.0 Å². The number of fused-ring (bicyclic) bond motifs is 1. The number of rotatable bonds is 3. The van der Waals surface area contributed by atoms with Gasteiger partial charge in [-0.2, -0.15) is 0 Å². The monoisotopic (exact) mass is 259 g/mol. The molecule has 2 aliphatic rings. The summed E-state index contributed by atoms with van der Waals surface area (Å²) in [6, 6.07) is 9.15. The number of anilines is 1. The average molecular weight is 259 g/mol. The van der Waals surface area contributed by atoms with E-state index in [4.69, 9.17) is 5.73 Å². The van der Waals surface area contributed by atoms with Crippen molar-refractivity contribution in [3.05, 3.63) is 29.8 Å². The molecule has 1 aromatic carbocycles. The van der Waals surface area contributed by atoms with E-state index in [0.717, 1.165) is 18.2 Å². The molecule has 0 radical (unpaired) electrons. The summed E-state index contributed by atoms with van der Waals surface area (Å²) in [5.74, 6) is 0. The van der Waals surface area contributed by atoms with Gasteiger partial charge in [-0.1, -0.05) is 12.1 Å². The van der Waals surface area contributed by atoms with Crippen molar-refractivity contribution in [1.82, 2.24) is 9.80 Å². The van der Waals surface area contributed by atoms with Crippen molar-refractivity contribution in [2.24, 2.45) is 0 Å². The topological polar surface area (TPSA) is 32.5 Å². The number of nitrogens with two attached hydrogens (primary N) is 1. The highest BCUT2D eigenvalue weighted by Gasteiger charge is 2.28. The Bertz CT molecular complexity index is 418. The molecule has 0 spiro atoms. The van der Waals surface area contributed by atoms with Crippen molar-refractivity contribution in [2.45, 2.75) is 31.7 Å². The Morgan fingerprint density at radius 2 is 2.05 bits per heavy atom. The molecule has 2 heterocycles. The van der Waals surface area contributed by atoms with Crippen LogP contribution in [0.4, 0.5) is 5.69 Å². The van der Waals surface area contributed by atoms with Gasteiger partial charge in [0.1, 0.15) is 0 Å². The maximum absolute atomic E-state index is 5.84. The summed E-state index contributed by atoms with van der Waals surface area (Å²) < 4.78 is 0. The van der Waals surface area contributed by atoms with Crippen molar-refractivity contribution in [2.75, 3.05) is 38.5 Å². The molecule has 2 fully saturated rings. The summed E-state index contributed by atoms with van der Waals surface area (Å²) in [5, 5.41) is 0. The van der Waals surface area contributed by atoms with Gasteiger partial charge in [0.25, 0.3) is 0 Å². The molecule has 0 bridgehead atoms. The van der Waals surface area contributed by atoms with Crippen LogP contribution < -0.4 is 5.73 Å². The molecule has 0 amide bonds. The predicted molar refractivity (Wildman–Crippen MR) is 80.2 cm³/mol. The van der Waals surface area contributed by atoms with Crippen LogP contribution in [0.2, 0.25) is 0 Å². The highest BCUT2D eigenvalue weighted by molar-refractivity contribution is 5.40. The van der Waals surface area contributed by atoms with Crippen LogP contribution in [-0.2, 0) is 6.42 Å². The maximum Gasteiger partial charge on any atom is 0.0316 e. The molecule has 3 rings (SSSR count). The van der Waals surface area contributed by atoms with Crippen LogP contribution in [0, 0.1) is 0 Å². The standard InChI is InChI=1S/C16H25N3/c17-15-5-1-4-14(12-15)7-11-18-8-3-10-19-9-2-6-16(19)13-18/h1,4-5,12,16H,2-3,6-11,13,17H2. The summed E-state index contributed by atoms with van der Waals surface area (Å²) in [5.41, 5.74) is 8.09. The van der Waals surface area contributed by atoms with E-state index in [1.54, 1.807) is 0 Å². The fraction of sp³-hybridized carbons (Fsp3) is 0.625. The minimum Gasteiger partial charge on any atom is -0.399 e. The first-order valence-corrected chi connectivity index (χ1v) is 7.62. The number of nitrogens with zero attached hydrogens (tertiary/aromatic N) is 2. The van der Waals surface area contributed by atoms with Gasteiger partial charge in [0.05, 0.1) is 0 Å². The minimum absolute atomic E-state index is 0.823. The Hall–Kier alpha value is -1.06. The summed E-state index contributed by atoms with van der Waals surface area (Å²) >= 11 is 0. The number of hydrogen-bond acceptors (Lipinski definition) is 3. The SMILES string of the molecule is Nc1cccc(CCN2CCCN3CCCC3C2)c1. The number of hydrogen-bond donors (Lipinski definition) is 1. The van der Waals surface area contributed by atoms with Gasteiger partial charge in [-0.3, -0.25) is 4.90 Å². The first kappa shape index (κ1) is 12.9. The lowest BCUT2D eigenvalue weighted by Crippen LogP contribution is -2.37. The highest BCUT2D eigenvalue weighted by Crippen LogP contribution is 2.21. The van der Waals surface area contributed by atoms with Gasteiger partial charge in [0, 0.05) is 24.8 Å². The molecule has 1 aromatic rings. The fourth-order valence-electron chi connectivity index (χ4n) is 3.52. The summed E-state index contributed by atoms with van der Waals surface area (Å²) in [4.78, 5) is 5.35. The zero-order valence-corrected chi connectivity index (χ0v) is 11.7. The summed E-state index contributed by atoms with van der Waals surface area (Å²) in [7, 11) is 0. The Morgan fingerprint density at radius 3 is 2.95 bits per heavy atom.